The molecule has 0 saturated carbocycles. The molecule has 0 unspecified atom stereocenters. The molecule has 1 aliphatic heterocycles. The third-order valence-electron chi connectivity index (χ3n) is 4.84. The van der Waals surface area contributed by atoms with E-state index in [1.807, 2.05) is 18.2 Å². The summed E-state index contributed by atoms with van der Waals surface area (Å²) in [6.07, 6.45) is -0.612. The molecule has 1 aliphatic rings. The summed E-state index contributed by atoms with van der Waals surface area (Å²) in [5, 5.41) is 14.3. The molecule has 0 aliphatic carbocycles. The van der Waals surface area contributed by atoms with Crippen LogP contribution in [0.4, 0.5) is 11.4 Å². The van der Waals surface area contributed by atoms with Crippen LogP contribution in [0.3, 0.4) is 0 Å². The fourth-order valence-corrected chi connectivity index (χ4v) is 3.45. The summed E-state index contributed by atoms with van der Waals surface area (Å²) in [6, 6.07) is 21.4. The van der Waals surface area contributed by atoms with Gasteiger partial charge in [0.25, 0.3) is 5.91 Å². The van der Waals surface area contributed by atoms with Gasteiger partial charge in [0.1, 0.15) is 24.3 Å². The standard InChI is InChI=1S/C23H20N2O5/c1-29-16-12-10-15(11-13-16)25-22(24-19-8-4-2-6-17(19)23(25)28)18-7-3-5-9-20(18)30-14-21(26)27/h2-13,22,24H,14H2,1H3,(H,26,27)/p-1/t22-/m1/s1. The minimum Gasteiger partial charge on any atom is -0.546 e. The van der Waals surface area contributed by atoms with Crippen molar-refractivity contribution in [2.24, 2.45) is 0 Å². The molecule has 3 aromatic rings. The molecule has 0 bridgehead atoms. The first-order valence-electron chi connectivity index (χ1n) is 9.33. The second kappa shape index (κ2) is 8.16. The maximum atomic E-state index is 13.4. The number of anilines is 2. The molecule has 1 atom stereocenters. The molecule has 152 valence electrons. The monoisotopic (exact) mass is 403 g/mol. The van der Waals surface area contributed by atoms with E-state index in [1.165, 1.54) is 0 Å². The van der Waals surface area contributed by atoms with Crippen LogP contribution in [-0.4, -0.2) is 25.6 Å². The van der Waals surface area contributed by atoms with Gasteiger partial charge in [0.2, 0.25) is 0 Å². The molecule has 7 heteroatoms. The van der Waals surface area contributed by atoms with Crippen molar-refractivity contribution in [3.8, 4) is 11.5 Å². The zero-order valence-corrected chi connectivity index (χ0v) is 16.2. The lowest BCUT2D eigenvalue weighted by atomic mass is 10.0. The van der Waals surface area contributed by atoms with Crippen LogP contribution in [0.1, 0.15) is 22.1 Å². The normalized spacial score (nSPS) is 15.2. The second-order valence-corrected chi connectivity index (χ2v) is 6.66. The predicted molar refractivity (Wildman–Crippen MR) is 110 cm³/mol. The highest BCUT2D eigenvalue weighted by atomic mass is 16.5. The van der Waals surface area contributed by atoms with Crippen molar-refractivity contribution in [1.29, 1.82) is 0 Å². The molecule has 1 N–H and O–H groups in total. The van der Waals surface area contributed by atoms with Crippen LogP contribution in [0.5, 0.6) is 11.5 Å². The topological polar surface area (TPSA) is 90.9 Å². The van der Waals surface area contributed by atoms with Crippen LogP contribution in [0, 0.1) is 0 Å². The smallest absolute Gasteiger partial charge is 0.262 e. The Bertz CT molecular complexity index is 1080. The summed E-state index contributed by atoms with van der Waals surface area (Å²) in [4.78, 5) is 26.0. The summed E-state index contributed by atoms with van der Waals surface area (Å²) < 4.78 is 10.7. The van der Waals surface area contributed by atoms with Crippen LogP contribution in [0.25, 0.3) is 0 Å². The van der Waals surface area contributed by atoms with Gasteiger partial charge in [0, 0.05) is 16.9 Å². The molecule has 0 aromatic heterocycles. The van der Waals surface area contributed by atoms with E-state index in [2.05, 4.69) is 5.32 Å². The number of amides is 1. The Hall–Kier alpha value is -4.00. The number of hydrogen-bond donors (Lipinski definition) is 1. The second-order valence-electron chi connectivity index (χ2n) is 6.66. The Kier molecular flexibility index (Phi) is 5.26. The van der Waals surface area contributed by atoms with Crippen molar-refractivity contribution >= 4 is 23.3 Å². The van der Waals surface area contributed by atoms with E-state index in [1.54, 1.807) is 66.6 Å². The first kappa shape index (κ1) is 19.3. The van der Waals surface area contributed by atoms with Crippen LogP contribution in [-0.2, 0) is 4.79 Å². The largest absolute Gasteiger partial charge is 0.546 e. The maximum Gasteiger partial charge on any atom is 0.262 e. The van der Waals surface area contributed by atoms with E-state index >= 15 is 0 Å². The number of hydrogen-bond acceptors (Lipinski definition) is 6. The van der Waals surface area contributed by atoms with Gasteiger partial charge >= 0.3 is 0 Å². The van der Waals surface area contributed by atoms with Crippen LogP contribution in [0.2, 0.25) is 0 Å². The molecular weight excluding hydrogens is 384 g/mol. The van der Waals surface area contributed by atoms with Crippen molar-refractivity contribution in [3.05, 3.63) is 83.9 Å². The molecule has 7 nitrogen and oxygen atoms in total. The third-order valence-corrected chi connectivity index (χ3v) is 4.84. The molecule has 3 aromatic carbocycles. The van der Waals surface area contributed by atoms with Gasteiger partial charge in [-0.15, -0.1) is 0 Å². The van der Waals surface area contributed by atoms with Gasteiger partial charge in [0.15, 0.2) is 0 Å². The van der Waals surface area contributed by atoms with Gasteiger partial charge in [-0.1, -0.05) is 30.3 Å². The van der Waals surface area contributed by atoms with Crippen LogP contribution < -0.4 is 24.8 Å². The highest BCUT2D eigenvalue weighted by Gasteiger charge is 2.35. The quantitative estimate of drug-likeness (QED) is 0.680. The van der Waals surface area contributed by atoms with Gasteiger partial charge in [-0.05, 0) is 42.5 Å². The van der Waals surface area contributed by atoms with Gasteiger partial charge in [-0.2, -0.15) is 0 Å². The molecule has 30 heavy (non-hydrogen) atoms. The highest BCUT2D eigenvalue weighted by Crippen LogP contribution is 2.39. The Morgan fingerprint density at radius 1 is 1.03 bits per heavy atom. The summed E-state index contributed by atoms with van der Waals surface area (Å²) in [5.41, 5.74) is 2.50. The van der Waals surface area contributed by atoms with Gasteiger partial charge in [-0.3, -0.25) is 9.69 Å². The first-order chi connectivity index (χ1) is 14.6. The molecule has 1 amide bonds. The molecular formula is C23H19N2O5-. The minimum atomic E-state index is -1.32. The molecule has 0 radical (unpaired) electrons. The number of nitrogens with zero attached hydrogens (tertiary/aromatic N) is 1. The number of aliphatic carboxylic acids is 1. The van der Waals surface area contributed by atoms with Crippen molar-refractivity contribution < 1.29 is 24.2 Å². The molecule has 0 spiro atoms. The summed E-state index contributed by atoms with van der Waals surface area (Å²) in [7, 11) is 1.58. The maximum absolute atomic E-state index is 13.4. The Morgan fingerprint density at radius 2 is 1.73 bits per heavy atom. The lowest BCUT2D eigenvalue weighted by molar-refractivity contribution is -0.307. The van der Waals surface area contributed by atoms with Crippen molar-refractivity contribution in [2.75, 3.05) is 23.9 Å². The van der Waals surface area contributed by atoms with E-state index in [9.17, 15) is 14.7 Å². The number of carbonyl (C=O) groups is 2. The average molecular weight is 403 g/mol. The fraction of sp³-hybridized carbons (Fsp3) is 0.130. The molecule has 0 fully saturated rings. The van der Waals surface area contributed by atoms with E-state index in [-0.39, 0.29) is 5.91 Å². The number of methoxy groups -OCH3 is 1. The van der Waals surface area contributed by atoms with Crippen molar-refractivity contribution in [1.82, 2.24) is 0 Å². The zero-order chi connectivity index (χ0) is 21.1. The van der Waals surface area contributed by atoms with Gasteiger partial charge < -0.3 is 24.7 Å². The number of benzene rings is 3. The van der Waals surface area contributed by atoms with Crippen LogP contribution >= 0.6 is 0 Å². The number of carbonyl (C=O) groups excluding carboxylic acids is 2. The van der Waals surface area contributed by atoms with E-state index in [0.717, 1.165) is 0 Å². The Balaban J connectivity index is 1.81. The molecule has 4 rings (SSSR count). The van der Waals surface area contributed by atoms with Crippen molar-refractivity contribution in [3.63, 3.8) is 0 Å². The van der Waals surface area contributed by atoms with Crippen molar-refractivity contribution in [2.45, 2.75) is 6.17 Å². The van der Waals surface area contributed by atoms with E-state index in [4.69, 9.17) is 9.47 Å². The number of rotatable bonds is 6. The number of para-hydroxylation sites is 2. The molecule has 0 saturated heterocycles. The Labute approximate surface area is 173 Å². The number of carboxylic acid groups (broad SMARTS) is 1. The third kappa shape index (κ3) is 3.65. The Morgan fingerprint density at radius 3 is 2.47 bits per heavy atom. The number of fused-ring (bicyclic) bond motifs is 1. The highest BCUT2D eigenvalue weighted by molar-refractivity contribution is 6.12. The summed E-state index contributed by atoms with van der Waals surface area (Å²) >= 11 is 0. The summed E-state index contributed by atoms with van der Waals surface area (Å²) in [6.45, 7) is -0.587. The fourth-order valence-electron chi connectivity index (χ4n) is 3.45. The molecule has 1 heterocycles. The zero-order valence-electron chi connectivity index (χ0n) is 16.2. The van der Waals surface area contributed by atoms with Gasteiger partial charge in [-0.25, -0.2) is 0 Å². The van der Waals surface area contributed by atoms with E-state index < -0.39 is 18.7 Å². The predicted octanol–water partition coefficient (Wildman–Crippen LogP) is 2.59. The number of nitrogens with one attached hydrogen (secondary N) is 1. The minimum absolute atomic E-state index is 0.186. The average Bonchev–Trinajstić information content (AvgIpc) is 2.78. The van der Waals surface area contributed by atoms with E-state index in [0.29, 0.717) is 34.0 Å². The van der Waals surface area contributed by atoms with Gasteiger partial charge in [0.05, 0.1) is 18.6 Å². The lowest BCUT2D eigenvalue weighted by Gasteiger charge is -2.38. The first-order valence-corrected chi connectivity index (χ1v) is 9.33. The number of carboxylic acids is 1. The summed E-state index contributed by atoms with van der Waals surface area (Å²) in [5.74, 6) is -0.486. The lowest BCUT2D eigenvalue weighted by Crippen LogP contribution is -2.43. The number of ether oxygens (including phenoxy) is 2. The SMILES string of the molecule is COc1ccc(N2C(=O)c3ccccc3N[C@H]2c2ccccc2OCC(=O)[O-])cc1. The van der Waals surface area contributed by atoms with Crippen LogP contribution in [0.15, 0.2) is 72.8 Å².